The van der Waals surface area contributed by atoms with Gasteiger partial charge in [-0.25, -0.2) is 0 Å². The molecule has 0 saturated heterocycles. The summed E-state index contributed by atoms with van der Waals surface area (Å²) in [6.07, 6.45) is 0. The van der Waals surface area contributed by atoms with Crippen LogP contribution in [0.1, 0.15) is 11.1 Å². The van der Waals surface area contributed by atoms with Crippen LogP contribution in [0, 0.1) is 11.8 Å². The van der Waals surface area contributed by atoms with Crippen molar-refractivity contribution in [2.75, 3.05) is 0 Å². The molecule has 0 heterocycles. The van der Waals surface area contributed by atoms with Crippen LogP contribution in [0.15, 0.2) is 17.3 Å². The van der Waals surface area contributed by atoms with Gasteiger partial charge in [0.25, 0.3) is 0 Å². The summed E-state index contributed by atoms with van der Waals surface area (Å²) in [4.78, 5) is 10.0. The van der Waals surface area contributed by atoms with E-state index >= 15 is 0 Å². The Labute approximate surface area is 80.5 Å². The fraction of sp³-hybridized carbons (Fsp3) is 0.250. The molecule has 0 saturated carbocycles. The van der Waals surface area contributed by atoms with Gasteiger partial charge < -0.3 is 0 Å². The number of nitrogens with zero attached hydrogens (tertiary/aromatic N) is 1. The topological polar surface area (TPSA) is 29.4 Å². The molecule has 0 N–H and O–H groups in total. The van der Waals surface area contributed by atoms with Crippen molar-refractivity contribution in [1.82, 2.24) is 0 Å². The first-order valence-electron chi connectivity index (χ1n) is 3.39. The Bertz CT molecular complexity index is 312. The van der Waals surface area contributed by atoms with Crippen LogP contribution in [0.25, 0.3) is 0 Å². The third kappa shape index (κ3) is 1.76. The van der Waals surface area contributed by atoms with Gasteiger partial charge in [-0.05, 0) is 24.6 Å². The number of nitroso groups, excluding NO2 is 1. The molecule has 1 aromatic rings. The van der Waals surface area contributed by atoms with Crippen LogP contribution in [0.3, 0.4) is 0 Å². The van der Waals surface area contributed by atoms with Gasteiger partial charge in [-0.3, -0.25) is 0 Å². The van der Waals surface area contributed by atoms with E-state index in [1.54, 1.807) is 12.1 Å². The van der Waals surface area contributed by atoms with Gasteiger partial charge in [0.2, 0.25) is 0 Å². The van der Waals surface area contributed by atoms with E-state index in [0.29, 0.717) is 15.6 Å². The van der Waals surface area contributed by atoms with Crippen LogP contribution in [0.2, 0.25) is 10.0 Å². The molecule has 0 aliphatic carbocycles. The van der Waals surface area contributed by atoms with Gasteiger partial charge >= 0.3 is 0 Å². The summed E-state index contributed by atoms with van der Waals surface area (Å²) in [6.45, 7) is 1.89. The van der Waals surface area contributed by atoms with E-state index in [0.717, 1.165) is 5.56 Å². The van der Waals surface area contributed by atoms with E-state index < -0.39 is 0 Å². The van der Waals surface area contributed by atoms with Gasteiger partial charge in [0.1, 0.15) is 6.54 Å². The highest BCUT2D eigenvalue weighted by molar-refractivity contribution is 6.34. The molecule has 4 heteroatoms. The highest BCUT2D eigenvalue weighted by atomic mass is 35.5. The minimum Gasteiger partial charge on any atom is -0.150 e. The van der Waals surface area contributed by atoms with Crippen molar-refractivity contribution in [2.24, 2.45) is 5.18 Å². The lowest BCUT2D eigenvalue weighted by atomic mass is 10.1. The Kier molecular flexibility index (Phi) is 3.06. The molecule has 64 valence electrons. The van der Waals surface area contributed by atoms with Crippen molar-refractivity contribution in [3.63, 3.8) is 0 Å². The van der Waals surface area contributed by atoms with E-state index in [2.05, 4.69) is 5.18 Å². The minimum atomic E-state index is 0.0746. The molecule has 2 nitrogen and oxygen atoms in total. The maximum absolute atomic E-state index is 10.0. The Morgan fingerprint density at radius 2 is 1.92 bits per heavy atom. The summed E-state index contributed by atoms with van der Waals surface area (Å²) in [5.74, 6) is 0. The van der Waals surface area contributed by atoms with Gasteiger partial charge in [0.15, 0.2) is 0 Å². The third-order valence-corrected chi connectivity index (χ3v) is 2.46. The van der Waals surface area contributed by atoms with Crippen molar-refractivity contribution >= 4 is 23.2 Å². The third-order valence-electron chi connectivity index (χ3n) is 1.70. The normalized spacial score (nSPS) is 9.92. The summed E-state index contributed by atoms with van der Waals surface area (Å²) in [5, 5.41) is 3.92. The number of hydrogen-bond donors (Lipinski definition) is 0. The monoisotopic (exact) mass is 203 g/mol. The highest BCUT2D eigenvalue weighted by Gasteiger charge is 2.06. The van der Waals surface area contributed by atoms with E-state index in [9.17, 15) is 4.91 Å². The Morgan fingerprint density at radius 1 is 1.33 bits per heavy atom. The first kappa shape index (κ1) is 9.49. The molecule has 0 bridgehead atoms. The zero-order valence-corrected chi connectivity index (χ0v) is 7.99. The van der Waals surface area contributed by atoms with Crippen molar-refractivity contribution < 1.29 is 0 Å². The maximum Gasteiger partial charge on any atom is 0.108 e. The van der Waals surface area contributed by atoms with Gasteiger partial charge in [0.05, 0.1) is 0 Å². The molecule has 0 atom stereocenters. The molecule has 0 unspecified atom stereocenters. The van der Waals surface area contributed by atoms with Crippen LogP contribution in [0.4, 0.5) is 0 Å². The number of benzene rings is 1. The summed E-state index contributed by atoms with van der Waals surface area (Å²) >= 11 is 11.6. The molecular formula is C8H7Cl2NO. The van der Waals surface area contributed by atoms with Gasteiger partial charge in [0, 0.05) is 15.6 Å². The quantitative estimate of drug-likeness (QED) is 0.677. The lowest BCUT2D eigenvalue weighted by Gasteiger charge is -2.05. The Morgan fingerprint density at radius 3 is 2.50 bits per heavy atom. The maximum atomic E-state index is 10.0. The minimum absolute atomic E-state index is 0.0746. The van der Waals surface area contributed by atoms with Crippen molar-refractivity contribution in [3.05, 3.63) is 38.2 Å². The SMILES string of the molecule is Cc1c(Cl)ccc(Cl)c1CN=O. The fourth-order valence-electron chi connectivity index (χ4n) is 0.954. The lowest BCUT2D eigenvalue weighted by molar-refractivity contribution is 1.04. The van der Waals surface area contributed by atoms with E-state index in [-0.39, 0.29) is 6.54 Å². The lowest BCUT2D eigenvalue weighted by Crippen LogP contribution is -1.89. The van der Waals surface area contributed by atoms with Gasteiger partial charge in [-0.2, -0.15) is 4.91 Å². The predicted molar refractivity (Wildman–Crippen MR) is 50.7 cm³/mol. The summed E-state index contributed by atoms with van der Waals surface area (Å²) in [6, 6.07) is 3.37. The molecule has 0 fully saturated rings. The number of halogens is 2. The first-order valence-corrected chi connectivity index (χ1v) is 4.15. The van der Waals surface area contributed by atoms with Crippen LogP contribution in [0.5, 0.6) is 0 Å². The summed E-state index contributed by atoms with van der Waals surface area (Å²) in [7, 11) is 0. The molecule has 1 rings (SSSR count). The number of hydrogen-bond acceptors (Lipinski definition) is 2. The van der Waals surface area contributed by atoms with Crippen molar-refractivity contribution in [1.29, 1.82) is 0 Å². The molecule has 0 spiro atoms. The van der Waals surface area contributed by atoms with E-state index in [1.807, 2.05) is 6.92 Å². The van der Waals surface area contributed by atoms with Gasteiger partial charge in [-0.15, -0.1) is 0 Å². The van der Waals surface area contributed by atoms with Crippen LogP contribution in [-0.4, -0.2) is 0 Å². The Balaban J connectivity index is 3.22. The molecule has 12 heavy (non-hydrogen) atoms. The van der Waals surface area contributed by atoms with Crippen molar-refractivity contribution in [2.45, 2.75) is 13.5 Å². The average Bonchev–Trinajstić information content (AvgIpc) is 2.06. The van der Waals surface area contributed by atoms with Crippen LogP contribution < -0.4 is 0 Å². The smallest absolute Gasteiger partial charge is 0.108 e. The summed E-state index contributed by atoms with van der Waals surface area (Å²) < 4.78 is 0. The molecule has 0 aromatic heterocycles. The number of rotatable bonds is 2. The largest absolute Gasteiger partial charge is 0.150 e. The molecular weight excluding hydrogens is 197 g/mol. The van der Waals surface area contributed by atoms with Gasteiger partial charge in [-0.1, -0.05) is 28.4 Å². The standard InChI is InChI=1S/C8H7Cl2NO/c1-5-6(4-11-12)8(10)3-2-7(5)9/h2-3H,4H2,1H3. The molecule has 0 radical (unpaired) electrons. The zero-order chi connectivity index (χ0) is 9.14. The molecule has 0 aliphatic heterocycles. The first-order chi connectivity index (χ1) is 5.66. The second-order valence-corrected chi connectivity index (χ2v) is 3.23. The van der Waals surface area contributed by atoms with E-state index in [4.69, 9.17) is 23.2 Å². The Hall–Kier alpha value is -0.600. The second-order valence-electron chi connectivity index (χ2n) is 2.42. The molecule has 0 aliphatic rings. The molecule has 1 aromatic carbocycles. The molecule has 0 amide bonds. The summed E-state index contributed by atoms with van der Waals surface area (Å²) in [5.41, 5.74) is 1.53. The fourth-order valence-corrected chi connectivity index (χ4v) is 1.40. The zero-order valence-electron chi connectivity index (χ0n) is 6.47. The van der Waals surface area contributed by atoms with Crippen LogP contribution >= 0.6 is 23.2 Å². The van der Waals surface area contributed by atoms with Crippen molar-refractivity contribution in [3.8, 4) is 0 Å². The van der Waals surface area contributed by atoms with E-state index in [1.165, 1.54) is 0 Å². The highest BCUT2D eigenvalue weighted by Crippen LogP contribution is 2.26. The average molecular weight is 204 g/mol. The van der Waals surface area contributed by atoms with Crippen LogP contribution in [-0.2, 0) is 6.54 Å². The predicted octanol–water partition coefficient (Wildman–Crippen LogP) is 3.57. The second kappa shape index (κ2) is 3.87.